The van der Waals surface area contributed by atoms with Crippen molar-refractivity contribution in [3.8, 4) is 0 Å². The largest absolute Gasteiger partial charge is 0.354 e. The summed E-state index contributed by atoms with van der Waals surface area (Å²) in [5, 5.41) is 8.03. The number of unbranched alkanes of at least 4 members (excludes halogenated alkanes) is 1. The van der Waals surface area contributed by atoms with Gasteiger partial charge in [-0.2, -0.15) is 0 Å². The first-order chi connectivity index (χ1) is 11.9. The topological polar surface area (TPSA) is 110 Å². The molecule has 1 aromatic carbocycles. The molecule has 1 aliphatic rings. The second kappa shape index (κ2) is 7.11. The SMILES string of the molecule is CCCCn1c(CN2CCNC(=O)C2)nc2cc(S(N)(=O)=O)ccc21. The molecule has 1 aliphatic heterocycles. The van der Waals surface area contributed by atoms with Crippen LogP contribution in [0, 0.1) is 0 Å². The van der Waals surface area contributed by atoms with Crippen LogP contribution in [-0.4, -0.2) is 48.4 Å². The highest BCUT2D eigenvalue weighted by atomic mass is 32.2. The minimum atomic E-state index is -3.76. The molecule has 2 aromatic rings. The fraction of sp³-hybridized carbons (Fsp3) is 0.500. The molecule has 9 heteroatoms. The van der Waals surface area contributed by atoms with E-state index in [1.165, 1.54) is 12.1 Å². The number of hydrogen-bond acceptors (Lipinski definition) is 5. The average Bonchev–Trinajstić information content (AvgIpc) is 2.88. The molecular formula is C16H23N5O3S. The van der Waals surface area contributed by atoms with Crippen molar-refractivity contribution in [2.45, 2.75) is 37.8 Å². The Morgan fingerprint density at radius 1 is 1.36 bits per heavy atom. The highest BCUT2D eigenvalue weighted by Gasteiger charge is 2.20. The number of sulfonamides is 1. The van der Waals surface area contributed by atoms with E-state index >= 15 is 0 Å². The third-order valence-electron chi connectivity index (χ3n) is 4.35. The summed E-state index contributed by atoms with van der Waals surface area (Å²) in [7, 11) is -3.76. The smallest absolute Gasteiger partial charge is 0.238 e. The number of carbonyl (C=O) groups is 1. The summed E-state index contributed by atoms with van der Waals surface area (Å²) in [6.45, 7) is 5.22. The molecule has 0 bridgehead atoms. The van der Waals surface area contributed by atoms with Gasteiger partial charge in [0.15, 0.2) is 0 Å². The molecular weight excluding hydrogens is 342 g/mol. The van der Waals surface area contributed by atoms with Gasteiger partial charge in [0.1, 0.15) is 5.82 Å². The van der Waals surface area contributed by atoms with E-state index in [-0.39, 0.29) is 10.8 Å². The van der Waals surface area contributed by atoms with Gasteiger partial charge < -0.3 is 9.88 Å². The van der Waals surface area contributed by atoms with E-state index in [0.29, 0.717) is 25.2 Å². The number of hydrogen-bond donors (Lipinski definition) is 2. The zero-order valence-corrected chi connectivity index (χ0v) is 15.1. The van der Waals surface area contributed by atoms with E-state index in [4.69, 9.17) is 5.14 Å². The molecule has 0 unspecified atom stereocenters. The van der Waals surface area contributed by atoms with Crippen LogP contribution < -0.4 is 10.5 Å². The standard InChI is InChI=1S/C16H23N5O3S/c1-2-3-7-21-14-5-4-12(25(17,23)24)9-13(14)19-15(21)10-20-8-6-18-16(22)11-20/h4-5,9H,2-3,6-8,10-11H2,1H3,(H,18,22)(H2,17,23,24). The van der Waals surface area contributed by atoms with Crippen LogP contribution in [0.1, 0.15) is 25.6 Å². The molecule has 1 aromatic heterocycles. The van der Waals surface area contributed by atoms with E-state index < -0.39 is 10.0 Å². The van der Waals surface area contributed by atoms with Crippen LogP contribution in [0.4, 0.5) is 0 Å². The monoisotopic (exact) mass is 365 g/mol. The van der Waals surface area contributed by atoms with Crippen LogP contribution >= 0.6 is 0 Å². The van der Waals surface area contributed by atoms with Crippen molar-refractivity contribution in [3.63, 3.8) is 0 Å². The molecule has 3 N–H and O–H groups in total. The maximum absolute atomic E-state index is 11.6. The Morgan fingerprint density at radius 2 is 2.16 bits per heavy atom. The number of nitrogens with two attached hydrogens (primary N) is 1. The number of aromatic nitrogens is 2. The molecule has 0 saturated carbocycles. The molecule has 1 amide bonds. The molecule has 1 fully saturated rings. The second-order valence-corrected chi connectivity index (χ2v) is 7.85. The number of nitrogens with one attached hydrogen (secondary N) is 1. The number of carbonyl (C=O) groups excluding carboxylic acids is 1. The summed E-state index contributed by atoms with van der Waals surface area (Å²) < 4.78 is 25.3. The highest BCUT2D eigenvalue weighted by molar-refractivity contribution is 7.89. The van der Waals surface area contributed by atoms with Gasteiger partial charge in [-0.15, -0.1) is 0 Å². The predicted molar refractivity (Wildman–Crippen MR) is 94.3 cm³/mol. The van der Waals surface area contributed by atoms with Crippen LogP contribution in [-0.2, 0) is 27.9 Å². The van der Waals surface area contributed by atoms with E-state index in [0.717, 1.165) is 37.3 Å². The number of benzene rings is 1. The first-order valence-electron chi connectivity index (χ1n) is 8.39. The minimum absolute atomic E-state index is 0.0129. The summed E-state index contributed by atoms with van der Waals surface area (Å²) in [4.78, 5) is 18.3. The van der Waals surface area contributed by atoms with Gasteiger partial charge in [0, 0.05) is 19.6 Å². The molecule has 0 radical (unpaired) electrons. The van der Waals surface area contributed by atoms with Gasteiger partial charge in [-0.3, -0.25) is 9.69 Å². The normalized spacial score (nSPS) is 16.3. The lowest BCUT2D eigenvalue weighted by molar-refractivity contribution is -0.124. The zero-order chi connectivity index (χ0) is 18.0. The lowest BCUT2D eigenvalue weighted by Crippen LogP contribution is -2.47. The van der Waals surface area contributed by atoms with Crippen molar-refractivity contribution >= 4 is 27.0 Å². The molecule has 25 heavy (non-hydrogen) atoms. The van der Waals surface area contributed by atoms with E-state index in [2.05, 4.69) is 21.8 Å². The Labute approximate surface area is 147 Å². The number of nitrogens with zero attached hydrogens (tertiary/aromatic N) is 3. The summed E-state index contributed by atoms with van der Waals surface area (Å²) >= 11 is 0. The molecule has 0 spiro atoms. The maximum Gasteiger partial charge on any atom is 0.238 e. The maximum atomic E-state index is 11.6. The van der Waals surface area contributed by atoms with Gasteiger partial charge in [0.2, 0.25) is 15.9 Å². The Bertz CT molecular complexity index is 891. The van der Waals surface area contributed by atoms with Gasteiger partial charge in [0.25, 0.3) is 0 Å². The molecule has 2 heterocycles. The quantitative estimate of drug-likeness (QED) is 0.771. The van der Waals surface area contributed by atoms with E-state index in [9.17, 15) is 13.2 Å². The third kappa shape index (κ3) is 4.00. The molecule has 8 nitrogen and oxygen atoms in total. The van der Waals surface area contributed by atoms with Gasteiger partial charge in [-0.1, -0.05) is 13.3 Å². The van der Waals surface area contributed by atoms with Crippen LogP contribution in [0.25, 0.3) is 11.0 Å². The predicted octanol–water partition coefficient (Wildman–Crippen LogP) is 0.416. The first-order valence-corrected chi connectivity index (χ1v) is 9.94. The molecule has 3 rings (SSSR count). The van der Waals surface area contributed by atoms with Crippen molar-refractivity contribution in [1.29, 1.82) is 0 Å². The Hall–Kier alpha value is -1.97. The van der Waals surface area contributed by atoms with Crippen molar-refractivity contribution in [2.24, 2.45) is 5.14 Å². The Kier molecular flexibility index (Phi) is 5.07. The molecule has 0 atom stereocenters. The zero-order valence-electron chi connectivity index (χ0n) is 14.2. The van der Waals surface area contributed by atoms with Gasteiger partial charge in [-0.05, 0) is 24.6 Å². The average molecular weight is 365 g/mol. The number of rotatable bonds is 6. The van der Waals surface area contributed by atoms with Crippen molar-refractivity contribution < 1.29 is 13.2 Å². The number of aryl methyl sites for hydroxylation is 1. The first kappa shape index (κ1) is 17.8. The number of imidazole rings is 1. The van der Waals surface area contributed by atoms with Crippen LogP contribution in [0.2, 0.25) is 0 Å². The third-order valence-corrected chi connectivity index (χ3v) is 5.26. The lowest BCUT2D eigenvalue weighted by Gasteiger charge is -2.26. The number of fused-ring (bicyclic) bond motifs is 1. The molecule has 1 saturated heterocycles. The summed E-state index contributed by atoms with van der Waals surface area (Å²) in [5.41, 5.74) is 1.50. The number of piperazine rings is 1. The van der Waals surface area contributed by atoms with Crippen molar-refractivity contribution in [2.75, 3.05) is 19.6 Å². The van der Waals surface area contributed by atoms with Gasteiger partial charge in [-0.25, -0.2) is 18.5 Å². The van der Waals surface area contributed by atoms with Crippen LogP contribution in [0.15, 0.2) is 23.1 Å². The van der Waals surface area contributed by atoms with Crippen LogP contribution in [0.5, 0.6) is 0 Å². The Balaban J connectivity index is 1.98. The molecule has 0 aliphatic carbocycles. The van der Waals surface area contributed by atoms with Crippen molar-refractivity contribution in [1.82, 2.24) is 19.8 Å². The van der Waals surface area contributed by atoms with Crippen molar-refractivity contribution in [3.05, 3.63) is 24.0 Å². The van der Waals surface area contributed by atoms with Crippen LogP contribution in [0.3, 0.4) is 0 Å². The summed E-state index contributed by atoms with van der Waals surface area (Å²) in [6, 6.07) is 4.78. The molecule has 136 valence electrons. The highest BCUT2D eigenvalue weighted by Crippen LogP contribution is 2.22. The second-order valence-electron chi connectivity index (χ2n) is 6.29. The fourth-order valence-electron chi connectivity index (χ4n) is 3.05. The number of amides is 1. The Morgan fingerprint density at radius 3 is 2.84 bits per heavy atom. The minimum Gasteiger partial charge on any atom is -0.354 e. The lowest BCUT2D eigenvalue weighted by atomic mass is 10.3. The van der Waals surface area contributed by atoms with Gasteiger partial charge >= 0.3 is 0 Å². The fourth-order valence-corrected chi connectivity index (χ4v) is 3.58. The summed E-state index contributed by atoms with van der Waals surface area (Å²) in [6.07, 6.45) is 2.04. The summed E-state index contributed by atoms with van der Waals surface area (Å²) in [5.74, 6) is 0.851. The van der Waals surface area contributed by atoms with E-state index in [1.54, 1.807) is 6.07 Å². The number of primary sulfonamides is 1. The van der Waals surface area contributed by atoms with Gasteiger partial charge in [0.05, 0.1) is 29.0 Å². The van der Waals surface area contributed by atoms with E-state index in [1.807, 2.05) is 4.90 Å².